The molecule has 1 aromatic carbocycles. The van der Waals surface area contributed by atoms with Crippen LogP contribution in [0.2, 0.25) is 0 Å². The van der Waals surface area contributed by atoms with Crippen LogP contribution in [0, 0.1) is 5.82 Å². The van der Waals surface area contributed by atoms with Gasteiger partial charge in [0.1, 0.15) is 16.4 Å². The highest BCUT2D eigenvalue weighted by molar-refractivity contribution is 9.10. The van der Waals surface area contributed by atoms with E-state index in [1.807, 2.05) is 6.92 Å². The Morgan fingerprint density at radius 1 is 1.50 bits per heavy atom. The van der Waals surface area contributed by atoms with Gasteiger partial charge in [-0.15, -0.1) is 0 Å². The Kier molecular flexibility index (Phi) is 4.07. The van der Waals surface area contributed by atoms with E-state index in [1.165, 1.54) is 24.3 Å². The van der Waals surface area contributed by atoms with Crippen LogP contribution in [0.3, 0.4) is 0 Å². The Morgan fingerprint density at radius 2 is 2.07 bits per heavy atom. The van der Waals surface area contributed by atoms with Crippen LogP contribution < -0.4 is 4.74 Å². The molecule has 0 amide bonds. The molecule has 0 heterocycles. The lowest BCUT2D eigenvalue weighted by atomic mass is 10.3. The summed E-state index contributed by atoms with van der Waals surface area (Å²) in [7, 11) is 0. The predicted octanol–water partition coefficient (Wildman–Crippen LogP) is 2.90. The van der Waals surface area contributed by atoms with Crippen molar-refractivity contribution in [3.8, 4) is 5.75 Å². The van der Waals surface area contributed by atoms with Crippen LogP contribution in [0.1, 0.15) is 13.3 Å². The predicted molar refractivity (Wildman–Crippen MR) is 55.0 cm³/mol. The van der Waals surface area contributed by atoms with Crippen molar-refractivity contribution in [2.45, 2.75) is 18.2 Å². The van der Waals surface area contributed by atoms with Crippen molar-refractivity contribution in [1.29, 1.82) is 0 Å². The quantitative estimate of drug-likeness (QED) is 0.475. The second-order valence-corrected chi connectivity index (χ2v) is 3.86. The van der Waals surface area contributed by atoms with Gasteiger partial charge < -0.3 is 4.74 Å². The third-order valence-electron chi connectivity index (χ3n) is 1.65. The molecule has 1 rings (SSSR count). The van der Waals surface area contributed by atoms with Gasteiger partial charge in [-0.25, -0.2) is 4.39 Å². The molecule has 0 saturated heterocycles. The highest BCUT2D eigenvalue weighted by Gasteiger charge is 2.14. The van der Waals surface area contributed by atoms with Gasteiger partial charge in [0.15, 0.2) is 0 Å². The molecule has 0 aliphatic heterocycles. The molecular weight excluding hydrogens is 251 g/mol. The van der Waals surface area contributed by atoms with Gasteiger partial charge in [-0.1, -0.05) is 22.9 Å². The topological polar surface area (TPSA) is 26.3 Å². The fourth-order valence-corrected chi connectivity index (χ4v) is 0.943. The van der Waals surface area contributed by atoms with E-state index in [9.17, 15) is 9.18 Å². The first kappa shape index (κ1) is 11.2. The lowest BCUT2D eigenvalue weighted by Crippen LogP contribution is -2.19. The molecule has 76 valence electrons. The summed E-state index contributed by atoms with van der Waals surface area (Å²) in [6.45, 7) is 1.87. The largest absolute Gasteiger partial charge is 0.426 e. The number of carbonyl (C=O) groups excluding carboxylic acids is 1. The van der Waals surface area contributed by atoms with Crippen LogP contribution in [-0.4, -0.2) is 10.8 Å². The van der Waals surface area contributed by atoms with E-state index in [-0.39, 0.29) is 16.6 Å². The van der Waals surface area contributed by atoms with Crippen molar-refractivity contribution in [1.82, 2.24) is 0 Å². The summed E-state index contributed by atoms with van der Waals surface area (Å²) < 4.78 is 17.5. The van der Waals surface area contributed by atoms with E-state index < -0.39 is 0 Å². The standard InChI is InChI=1S/C10H10BrFO2/c1-2-9(11)10(13)14-8-5-3-7(12)4-6-8/h3-6,9H,2H2,1H3. The first-order chi connectivity index (χ1) is 6.63. The summed E-state index contributed by atoms with van der Waals surface area (Å²) in [5.74, 6) is -0.357. The average molecular weight is 261 g/mol. The molecule has 14 heavy (non-hydrogen) atoms. The maximum Gasteiger partial charge on any atom is 0.325 e. The lowest BCUT2D eigenvalue weighted by molar-refractivity contribution is -0.133. The maximum atomic E-state index is 12.5. The minimum absolute atomic E-state index is 0.312. The number of carbonyl (C=O) groups is 1. The highest BCUT2D eigenvalue weighted by atomic mass is 79.9. The minimum atomic E-state index is -0.362. The van der Waals surface area contributed by atoms with Crippen molar-refractivity contribution in [2.75, 3.05) is 0 Å². The summed E-state index contributed by atoms with van der Waals surface area (Å²) >= 11 is 3.17. The van der Waals surface area contributed by atoms with Gasteiger partial charge in [0, 0.05) is 0 Å². The van der Waals surface area contributed by atoms with Gasteiger partial charge >= 0.3 is 5.97 Å². The minimum Gasteiger partial charge on any atom is -0.426 e. The Balaban J connectivity index is 2.60. The summed E-state index contributed by atoms with van der Waals surface area (Å²) in [5.41, 5.74) is 0. The third-order valence-corrected chi connectivity index (χ3v) is 2.67. The van der Waals surface area contributed by atoms with Crippen LogP contribution in [-0.2, 0) is 4.79 Å². The van der Waals surface area contributed by atoms with Crippen molar-refractivity contribution in [2.24, 2.45) is 0 Å². The van der Waals surface area contributed by atoms with Crippen molar-refractivity contribution < 1.29 is 13.9 Å². The number of hydrogen-bond acceptors (Lipinski definition) is 2. The number of benzene rings is 1. The molecular formula is C10H10BrFO2. The number of hydrogen-bond donors (Lipinski definition) is 0. The van der Waals surface area contributed by atoms with E-state index in [0.29, 0.717) is 12.2 Å². The number of rotatable bonds is 3. The van der Waals surface area contributed by atoms with Gasteiger partial charge in [0.25, 0.3) is 0 Å². The van der Waals surface area contributed by atoms with Crippen LogP contribution in [0.15, 0.2) is 24.3 Å². The number of ether oxygens (including phenoxy) is 1. The zero-order valence-electron chi connectivity index (χ0n) is 7.67. The second kappa shape index (κ2) is 5.10. The normalized spacial score (nSPS) is 12.2. The zero-order valence-corrected chi connectivity index (χ0v) is 9.25. The molecule has 0 aliphatic carbocycles. The van der Waals surface area contributed by atoms with Gasteiger partial charge in [-0.05, 0) is 30.7 Å². The van der Waals surface area contributed by atoms with Crippen molar-refractivity contribution in [3.05, 3.63) is 30.1 Å². The monoisotopic (exact) mass is 260 g/mol. The van der Waals surface area contributed by atoms with E-state index in [2.05, 4.69) is 15.9 Å². The number of halogens is 2. The fourth-order valence-electron chi connectivity index (χ4n) is 0.849. The van der Waals surface area contributed by atoms with Gasteiger partial charge in [-0.2, -0.15) is 0 Å². The van der Waals surface area contributed by atoms with Crippen molar-refractivity contribution >= 4 is 21.9 Å². The average Bonchev–Trinajstić information content (AvgIpc) is 2.20. The molecule has 1 atom stereocenters. The molecule has 0 N–H and O–H groups in total. The van der Waals surface area contributed by atoms with E-state index >= 15 is 0 Å². The third kappa shape index (κ3) is 3.10. The molecule has 0 aliphatic rings. The Bertz CT molecular complexity index is 310. The molecule has 1 aromatic rings. The van der Waals surface area contributed by atoms with Crippen LogP contribution in [0.4, 0.5) is 4.39 Å². The van der Waals surface area contributed by atoms with Crippen molar-refractivity contribution in [3.63, 3.8) is 0 Å². The Morgan fingerprint density at radius 3 is 2.57 bits per heavy atom. The Labute approximate surface area is 90.2 Å². The maximum absolute atomic E-state index is 12.5. The first-order valence-corrected chi connectivity index (χ1v) is 5.16. The zero-order chi connectivity index (χ0) is 10.6. The lowest BCUT2D eigenvalue weighted by Gasteiger charge is -2.06. The number of esters is 1. The van der Waals surface area contributed by atoms with Gasteiger partial charge in [0.2, 0.25) is 0 Å². The molecule has 0 radical (unpaired) electrons. The summed E-state index contributed by atoms with van der Waals surface area (Å²) in [6.07, 6.45) is 0.653. The fraction of sp³-hybridized carbons (Fsp3) is 0.300. The van der Waals surface area contributed by atoms with Gasteiger partial charge in [-0.3, -0.25) is 4.79 Å². The molecule has 0 spiro atoms. The second-order valence-electron chi connectivity index (χ2n) is 2.75. The van der Waals surface area contributed by atoms with E-state index in [1.54, 1.807) is 0 Å². The molecule has 0 fully saturated rings. The summed E-state index contributed by atoms with van der Waals surface area (Å²) in [6, 6.07) is 5.33. The molecule has 0 saturated carbocycles. The molecule has 0 bridgehead atoms. The SMILES string of the molecule is CCC(Br)C(=O)Oc1ccc(F)cc1. The highest BCUT2D eigenvalue weighted by Crippen LogP contribution is 2.14. The van der Waals surface area contributed by atoms with E-state index in [4.69, 9.17) is 4.74 Å². The van der Waals surface area contributed by atoms with Crippen LogP contribution >= 0.6 is 15.9 Å². The summed E-state index contributed by atoms with van der Waals surface area (Å²) in [4.78, 5) is 11.0. The Hall–Kier alpha value is -0.900. The number of alkyl halides is 1. The molecule has 1 unspecified atom stereocenters. The van der Waals surface area contributed by atoms with Crippen LogP contribution in [0.25, 0.3) is 0 Å². The first-order valence-electron chi connectivity index (χ1n) is 4.24. The summed E-state index contributed by atoms with van der Waals surface area (Å²) in [5, 5.41) is 0. The van der Waals surface area contributed by atoms with Gasteiger partial charge in [0.05, 0.1) is 0 Å². The molecule has 0 aromatic heterocycles. The molecule has 4 heteroatoms. The van der Waals surface area contributed by atoms with E-state index in [0.717, 1.165) is 0 Å². The smallest absolute Gasteiger partial charge is 0.325 e. The molecule has 2 nitrogen and oxygen atoms in total. The van der Waals surface area contributed by atoms with Crippen LogP contribution in [0.5, 0.6) is 5.75 Å².